The highest BCUT2D eigenvalue weighted by Gasteiger charge is 2.25. The van der Waals surface area contributed by atoms with Crippen LogP contribution in [0.25, 0.3) is 0 Å². The zero-order valence-corrected chi connectivity index (χ0v) is 10.5. The zero-order valence-electron chi connectivity index (χ0n) is 10.5. The standard InChI is InChI=1S/C12H22N4/c1-4-13-12-5-6-16(8-10(12)2)11-7-14-15(3)9-11/h7,9-10,12-13H,4-6,8H2,1-3H3. The number of aryl methyl sites for hydroxylation is 1. The molecule has 4 nitrogen and oxygen atoms in total. The van der Waals surface area contributed by atoms with E-state index in [0.717, 1.165) is 19.6 Å². The fourth-order valence-electron chi connectivity index (χ4n) is 2.52. The zero-order chi connectivity index (χ0) is 11.5. The second-order valence-electron chi connectivity index (χ2n) is 4.75. The van der Waals surface area contributed by atoms with Crippen LogP contribution in [-0.2, 0) is 7.05 Å². The average molecular weight is 222 g/mol. The molecule has 2 rings (SSSR count). The third kappa shape index (κ3) is 2.38. The van der Waals surface area contributed by atoms with Crippen molar-refractivity contribution in [3.8, 4) is 0 Å². The van der Waals surface area contributed by atoms with Gasteiger partial charge in [0, 0.05) is 32.4 Å². The largest absolute Gasteiger partial charge is 0.369 e. The lowest BCUT2D eigenvalue weighted by Gasteiger charge is -2.37. The van der Waals surface area contributed by atoms with Crippen LogP contribution in [0.5, 0.6) is 0 Å². The minimum Gasteiger partial charge on any atom is -0.369 e. The van der Waals surface area contributed by atoms with Crippen molar-refractivity contribution in [3.05, 3.63) is 12.4 Å². The van der Waals surface area contributed by atoms with Gasteiger partial charge in [0.2, 0.25) is 0 Å². The lowest BCUT2D eigenvalue weighted by atomic mass is 9.93. The Hall–Kier alpha value is -1.03. The summed E-state index contributed by atoms with van der Waals surface area (Å²) in [7, 11) is 1.97. The second kappa shape index (κ2) is 4.87. The maximum atomic E-state index is 4.23. The lowest BCUT2D eigenvalue weighted by molar-refractivity contribution is 0.327. The molecule has 0 bridgehead atoms. The Kier molecular flexibility index (Phi) is 3.49. The molecule has 2 atom stereocenters. The normalized spacial score (nSPS) is 26.1. The first-order valence-corrected chi connectivity index (χ1v) is 6.17. The second-order valence-corrected chi connectivity index (χ2v) is 4.75. The highest BCUT2D eigenvalue weighted by molar-refractivity contribution is 5.42. The summed E-state index contributed by atoms with van der Waals surface area (Å²) >= 11 is 0. The van der Waals surface area contributed by atoms with Gasteiger partial charge in [-0.3, -0.25) is 4.68 Å². The molecule has 0 aliphatic carbocycles. The minimum atomic E-state index is 0.679. The van der Waals surface area contributed by atoms with Crippen LogP contribution in [0.4, 0.5) is 5.69 Å². The van der Waals surface area contributed by atoms with E-state index < -0.39 is 0 Å². The number of piperidine rings is 1. The Morgan fingerprint density at radius 2 is 2.38 bits per heavy atom. The van der Waals surface area contributed by atoms with E-state index in [1.807, 2.05) is 17.9 Å². The third-order valence-corrected chi connectivity index (χ3v) is 3.43. The van der Waals surface area contributed by atoms with E-state index in [1.54, 1.807) is 0 Å². The number of hydrogen-bond acceptors (Lipinski definition) is 3. The van der Waals surface area contributed by atoms with Gasteiger partial charge in [-0.25, -0.2) is 0 Å². The Balaban J connectivity index is 1.96. The van der Waals surface area contributed by atoms with Crippen LogP contribution in [0.15, 0.2) is 12.4 Å². The Morgan fingerprint density at radius 1 is 1.56 bits per heavy atom. The number of nitrogens with one attached hydrogen (secondary N) is 1. The molecule has 1 aromatic rings. The first kappa shape index (κ1) is 11.5. The highest BCUT2D eigenvalue weighted by Crippen LogP contribution is 2.22. The molecule has 1 N–H and O–H groups in total. The molecule has 0 radical (unpaired) electrons. The van der Waals surface area contributed by atoms with Gasteiger partial charge in [0.15, 0.2) is 0 Å². The fraction of sp³-hybridized carbons (Fsp3) is 0.750. The summed E-state index contributed by atoms with van der Waals surface area (Å²) in [5.74, 6) is 0.703. The first-order chi connectivity index (χ1) is 7.70. The van der Waals surface area contributed by atoms with Crippen molar-refractivity contribution < 1.29 is 0 Å². The van der Waals surface area contributed by atoms with Crippen LogP contribution < -0.4 is 10.2 Å². The maximum absolute atomic E-state index is 4.23. The van der Waals surface area contributed by atoms with Crippen molar-refractivity contribution in [1.82, 2.24) is 15.1 Å². The van der Waals surface area contributed by atoms with E-state index in [1.165, 1.54) is 12.1 Å². The first-order valence-electron chi connectivity index (χ1n) is 6.17. The van der Waals surface area contributed by atoms with Gasteiger partial charge in [0.05, 0.1) is 11.9 Å². The molecule has 2 unspecified atom stereocenters. The van der Waals surface area contributed by atoms with E-state index in [4.69, 9.17) is 0 Å². The van der Waals surface area contributed by atoms with Crippen molar-refractivity contribution >= 4 is 5.69 Å². The van der Waals surface area contributed by atoms with Crippen molar-refractivity contribution in [2.24, 2.45) is 13.0 Å². The molecule has 1 fully saturated rings. The van der Waals surface area contributed by atoms with E-state index in [-0.39, 0.29) is 0 Å². The van der Waals surface area contributed by atoms with Gasteiger partial charge < -0.3 is 10.2 Å². The monoisotopic (exact) mass is 222 g/mol. The summed E-state index contributed by atoms with van der Waals surface area (Å²) < 4.78 is 1.87. The molecule has 0 spiro atoms. The molecule has 1 aromatic heterocycles. The predicted molar refractivity (Wildman–Crippen MR) is 66.7 cm³/mol. The van der Waals surface area contributed by atoms with Gasteiger partial charge >= 0.3 is 0 Å². The molecule has 90 valence electrons. The van der Waals surface area contributed by atoms with Crippen LogP contribution in [0.2, 0.25) is 0 Å². The minimum absolute atomic E-state index is 0.679. The van der Waals surface area contributed by atoms with Gasteiger partial charge in [-0.2, -0.15) is 5.10 Å². The summed E-state index contributed by atoms with van der Waals surface area (Å²) in [4.78, 5) is 2.44. The molecule has 1 aliphatic rings. The Labute approximate surface area is 97.6 Å². The maximum Gasteiger partial charge on any atom is 0.0752 e. The third-order valence-electron chi connectivity index (χ3n) is 3.43. The van der Waals surface area contributed by atoms with Crippen molar-refractivity contribution in [3.63, 3.8) is 0 Å². The molecule has 0 aromatic carbocycles. The summed E-state index contributed by atoms with van der Waals surface area (Å²) in [6.07, 6.45) is 5.28. The van der Waals surface area contributed by atoms with Crippen molar-refractivity contribution in [2.75, 3.05) is 24.5 Å². The topological polar surface area (TPSA) is 33.1 Å². The Bertz CT molecular complexity index is 334. The summed E-state index contributed by atoms with van der Waals surface area (Å²) in [6.45, 7) is 7.84. The predicted octanol–water partition coefficient (Wildman–Crippen LogP) is 1.24. The van der Waals surface area contributed by atoms with Crippen LogP contribution in [0.1, 0.15) is 20.3 Å². The number of nitrogens with zero attached hydrogens (tertiary/aromatic N) is 3. The van der Waals surface area contributed by atoms with E-state index in [0.29, 0.717) is 12.0 Å². The van der Waals surface area contributed by atoms with E-state index in [9.17, 15) is 0 Å². The number of anilines is 1. The van der Waals surface area contributed by atoms with Crippen LogP contribution in [0, 0.1) is 5.92 Å². The number of aromatic nitrogens is 2. The molecule has 4 heteroatoms. The Morgan fingerprint density at radius 3 is 2.94 bits per heavy atom. The number of hydrogen-bond donors (Lipinski definition) is 1. The van der Waals surface area contributed by atoms with Crippen LogP contribution in [-0.4, -0.2) is 35.5 Å². The van der Waals surface area contributed by atoms with Gasteiger partial charge in [0.25, 0.3) is 0 Å². The molecule has 1 saturated heterocycles. The molecule has 0 saturated carbocycles. The van der Waals surface area contributed by atoms with E-state index >= 15 is 0 Å². The van der Waals surface area contributed by atoms with Gasteiger partial charge in [-0.1, -0.05) is 13.8 Å². The van der Waals surface area contributed by atoms with Crippen LogP contribution >= 0.6 is 0 Å². The SMILES string of the molecule is CCNC1CCN(c2cnn(C)c2)CC1C. The molecular weight excluding hydrogens is 200 g/mol. The summed E-state index contributed by atoms with van der Waals surface area (Å²) in [6, 6.07) is 0.679. The van der Waals surface area contributed by atoms with Crippen molar-refractivity contribution in [2.45, 2.75) is 26.3 Å². The average Bonchev–Trinajstić information content (AvgIpc) is 2.68. The highest BCUT2D eigenvalue weighted by atomic mass is 15.3. The van der Waals surface area contributed by atoms with Gasteiger partial charge in [-0.15, -0.1) is 0 Å². The lowest BCUT2D eigenvalue weighted by Crippen LogP contribution is -2.48. The molecule has 16 heavy (non-hydrogen) atoms. The van der Waals surface area contributed by atoms with Gasteiger partial charge in [-0.05, 0) is 18.9 Å². The smallest absolute Gasteiger partial charge is 0.0752 e. The van der Waals surface area contributed by atoms with Crippen molar-refractivity contribution in [1.29, 1.82) is 0 Å². The molecule has 0 amide bonds. The molecule has 2 heterocycles. The van der Waals surface area contributed by atoms with Gasteiger partial charge in [0.1, 0.15) is 0 Å². The number of rotatable bonds is 3. The molecule has 1 aliphatic heterocycles. The summed E-state index contributed by atoms with van der Waals surface area (Å²) in [5, 5.41) is 7.80. The fourth-order valence-corrected chi connectivity index (χ4v) is 2.52. The van der Waals surface area contributed by atoms with E-state index in [2.05, 4.69) is 35.4 Å². The molecular formula is C12H22N4. The van der Waals surface area contributed by atoms with Crippen LogP contribution in [0.3, 0.4) is 0 Å². The summed E-state index contributed by atoms with van der Waals surface area (Å²) in [5.41, 5.74) is 1.25. The quantitative estimate of drug-likeness (QED) is 0.835.